The highest BCUT2D eigenvalue weighted by Crippen LogP contribution is 2.30. The molecule has 2 aromatic carbocycles. The molecule has 1 amide bonds. The lowest BCUT2D eigenvalue weighted by Crippen LogP contribution is -2.14. The molecule has 0 fully saturated rings. The summed E-state index contributed by atoms with van der Waals surface area (Å²) in [6, 6.07) is 7.96. The van der Waals surface area contributed by atoms with E-state index in [2.05, 4.69) is 10.0 Å². The van der Waals surface area contributed by atoms with Crippen LogP contribution in [0.4, 0.5) is 24.5 Å². The van der Waals surface area contributed by atoms with Crippen LogP contribution in [0.25, 0.3) is 0 Å². The van der Waals surface area contributed by atoms with E-state index in [1.54, 1.807) is 0 Å². The van der Waals surface area contributed by atoms with Gasteiger partial charge in [-0.3, -0.25) is 9.52 Å². The summed E-state index contributed by atoms with van der Waals surface area (Å²) in [5, 5.41) is 2.48. The molecule has 2 N–H and O–H groups in total. The topological polar surface area (TPSA) is 84.5 Å². The second-order valence-corrected chi connectivity index (χ2v) is 7.07. The van der Waals surface area contributed by atoms with Gasteiger partial charge in [0.1, 0.15) is 5.75 Å². The Hall–Kier alpha value is -2.75. The summed E-state index contributed by atoms with van der Waals surface area (Å²) < 4.78 is 67.7. The summed E-state index contributed by atoms with van der Waals surface area (Å²) in [4.78, 5) is 12.2. The predicted molar refractivity (Wildman–Crippen MR) is 90.9 cm³/mol. The Kier molecular flexibility index (Phi) is 5.45. The molecular weight excluding hydrogens is 373 g/mol. The van der Waals surface area contributed by atoms with Crippen molar-refractivity contribution in [1.29, 1.82) is 0 Å². The SMILES string of the molecule is COc1ccc(NC(=O)c2ccc(C(F)(F)F)cc2)cc1NS(C)(=O)=O. The number of halogens is 3. The van der Waals surface area contributed by atoms with E-state index in [9.17, 15) is 26.4 Å². The standard InChI is InChI=1S/C16H15F3N2O4S/c1-25-14-8-7-12(9-13(14)21-26(2,23)24)20-15(22)10-3-5-11(6-4-10)16(17,18)19/h3-9,21H,1-2H3,(H,20,22). The number of sulfonamides is 1. The zero-order chi connectivity index (χ0) is 19.5. The number of rotatable bonds is 5. The van der Waals surface area contributed by atoms with Crippen LogP contribution in [0.1, 0.15) is 15.9 Å². The van der Waals surface area contributed by atoms with E-state index >= 15 is 0 Å². The molecular formula is C16H15F3N2O4S. The molecule has 0 spiro atoms. The third-order valence-corrected chi connectivity index (χ3v) is 3.82. The monoisotopic (exact) mass is 388 g/mol. The normalized spacial score (nSPS) is 11.7. The van der Waals surface area contributed by atoms with Crippen LogP contribution in [0.5, 0.6) is 5.75 Å². The van der Waals surface area contributed by atoms with Gasteiger partial charge in [0.05, 0.1) is 24.6 Å². The highest BCUT2D eigenvalue weighted by Gasteiger charge is 2.30. The number of benzene rings is 2. The van der Waals surface area contributed by atoms with Crippen LogP contribution in [0.3, 0.4) is 0 Å². The molecule has 0 atom stereocenters. The van der Waals surface area contributed by atoms with Crippen LogP contribution in [0, 0.1) is 0 Å². The minimum atomic E-state index is -4.49. The Bertz CT molecular complexity index is 910. The molecule has 0 aliphatic heterocycles. The zero-order valence-corrected chi connectivity index (χ0v) is 14.5. The van der Waals surface area contributed by atoms with Gasteiger partial charge in [-0.1, -0.05) is 0 Å². The van der Waals surface area contributed by atoms with Crippen molar-refractivity contribution in [2.45, 2.75) is 6.18 Å². The Morgan fingerprint density at radius 3 is 2.19 bits per heavy atom. The van der Waals surface area contributed by atoms with Crippen LogP contribution in [0.15, 0.2) is 42.5 Å². The highest BCUT2D eigenvalue weighted by atomic mass is 32.2. The first-order chi connectivity index (χ1) is 12.0. The zero-order valence-electron chi connectivity index (χ0n) is 13.7. The van der Waals surface area contributed by atoms with Crippen LogP contribution in [0.2, 0.25) is 0 Å². The molecule has 0 heterocycles. The largest absolute Gasteiger partial charge is 0.495 e. The Morgan fingerprint density at radius 2 is 1.69 bits per heavy atom. The first-order valence-corrected chi connectivity index (χ1v) is 9.03. The fourth-order valence-electron chi connectivity index (χ4n) is 2.08. The number of nitrogens with one attached hydrogen (secondary N) is 2. The molecule has 6 nitrogen and oxygen atoms in total. The number of anilines is 2. The number of methoxy groups -OCH3 is 1. The van der Waals surface area contributed by atoms with Crippen molar-refractivity contribution >= 4 is 27.3 Å². The second kappa shape index (κ2) is 7.24. The lowest BCUT2D eigenvalue weighted by molar-refractivity contribution is -0.137. The molecule has 0 unspecified atom stereocenters. The van der Waals surface area contributed by atoms with Crippen LogP contribution >= 0.6 is 0 Å². The van der Waals surface area contributed by atoms with Crippen molar-refractivity contribution in [2.24, 2.45) is 0 Å². The second-order valence-electron chi connectivity index (χ2n) is 5.32. The molecule has 2 rings (SSSR count). The number of amides is 1. The summed E-state index contributed by atoms with van der Waals surface area (Å²) in [5.41, 5.74) is -0.494. The van der Waals surface area contributed by atoms with Crippen molar-refractivity contribution in [1.82, 2.24) is 0 Å². The maximum atomic E-state index is 12.6. The van der Waals surface area contributed by atoms with Crippen molar-refractivity contribution in [2.75, 3.05) is 23.4 Å². The average molecular weight is 388 g/mol. The van der Waals surface area contributed by atoms with Gasteiger partial charge >= 0.3 is 6.18 Å². The Morgan fingerprint density at radius 1 is 1.08 bits per heavy atom. The number of alkyl halides is 3. The lowest BCUT2D eigenvalue weighted by Gasteiger charge is -2.13. The van der Waals surface area contributed by atoms with E-state index in [0.29, 0.717) is 0 Å². The van der Waals surface area contributed by atoms with Gasteiger partial charge < -0.3 is 10.1 Å². The molecule has 0 aliphatic rings. The van der Waals surface area contributed by atoms with Crippen LogP contribution in [-0.4, -0.2) is 27.7 Å². The van der Waals surface area contributed by atoms with Gasteiger partial charge in [-0.05, 0) is 42.5 Å². The number of hydrogen-bond acceptors (Lipinski definition) is 4. The Labute approximate surface area is 148 Å². The molecule has 0 bridgehead atoms. The summed E-state index contributed by atoms with van der Waals surface area (Å²) in [6.45, 7) is 0. The van der Waals surface area contributed by atoms with Gasteiger partial charge in [-0.2, -0.15) is 13.2 Å². The van der Waals surface area contributed by atoms with Gasteiger partial charge in [0.25, 0.3) is 5.91 Å². The minimum Gasteiger partial charge on any atom is -0.495 e. The summed E-state index contributed by atoms with van der Waals surface area (Å²) in [5.74, 6) is -0.405. The quantitative estimate of drug-likeness (QED) is 0.823. The number of carbonyl (C=O) groups is 1. The maximum absolute atomic E-state index is 12.6. The minimum absolute atomic E-state index is 0.0199. The molecule has 0 saturated carbocycles. The van der Waals surface area contributed by atoms with E-state index in [0.717, 1.165) is 30.5 Å². The van der Waals surface area contributed by atoms with Crippen LogP contribution < -0.4 is 14.8 Å². The van der Waals surface area contributed by atoms with Gasteiger partial charge in [0.2, 0.25) is 10.0 Å². The van der Waals surface area contributed by atoms with Gasteiger partial charge in [-0.15, -0.1) is 0 Å². The molecule has 140 valence electrons. The summed E-state index contributed by atoms with van der Waals surface area (Å²) >= 11 is 0. The van der Waals surface area contributed by atoms with Gasteiger partial charge in [0.15, 0.2) is 0 Å². The fraction of sp³-hybridized carbons (Fsp3) is 0.188. The van der Waals surface area contributed by atoms with Gasteiger partial charge in [-0.25, -0.2) is 8.42 Å². The van der Waals surface area contributed by atoms with Gasteiger partial charge in [0, 0.05) is 11.3 Å². The summed E-state index contributed by atoms with van der Waals surface area (Å²) in [7, 11) is -2.22. The Balaban J connectivity index is 2.22. The van der Waals surface area contributed by atoms with Crippen LogP contribution in [-0.2, 0) is 16.2 Å². The third-order valence-electron chi connectivity index (χ3n) is 3.23. The molecule has 26 heavy (non-hydrogen) atoms. The van der Waals surface area contributed by atoms with E-state index in [1.807, 2.05) is 0 Å². The van der Waals surface area contributed by atoms with Crippen molar-refractivity contribution in [3.63, 3.8) is 0 Å². The van der Waals surface area contributed by atoms with Crippen molar-refractivity contribution in [3.05, 3.63) is 53.6 Å². The smallest absolute Gasteiger partial charge is 0.416 e. The maximum Gasteiger partial charge on any atom is 0.416 e. The fourth-order valence-corrected chi connectivity index (χ4v) is 2.64. The summed E-state index contributed by atoms with van der Waals surface area (Å²) in [6.07, 6.45) is -3.53. The molecule has 0 aromatic heterocycles. The van der Waals surface area contributed by atoms with Crippen molar-refractivity contribution in [3.8, 4) is 5.75 Å². The lowest BCUT2D eigenvalue weighted by atomic mass is 10.1. The molecule has 0 aliphatic carbocycles. The average Bonchev–Trinajstić information content (AvgIpc) is 2.53. The molecule has 10 heteroatoms. The first-order valence-electron chi connectivity index (χ1n) is 7.14. The van der Waals surface area contributed by atoms with E-state index in [1.165, 1.54) is 25.3 Å². The molecule has 0 saturated heterocycles. The van der Waals surface area contributed by atoms with E-state index in [4.69, 9.17) is 4.74 Å². The number of hydrogen-bond donors (Lipinski definition) is 2. The third kappa shape index (κ3) is 5.12. The highest BCUT2D eigenvalue weighted by molar-refractivity contribution is 7.92. The number of ether oxygens (including phenoxy) is 1. The molecule has 0 radical (unpaired) electrons. The van der Waals surface area contributed by atoms with Crippen molar-refractivity contribution < 1.29 is 31.1 Å². The van der Waals surface area contributed by atoms with E-state index < -0.39 is 27.7 Å². The first kappa shape index (κ1) is 19.6. The van der Waals surface area contributed by atoms with E-state index in [-0.39, 0.29) is 22.7 Å². The number of carbonyl (C=O) groups excluding carboxylic acids is 1. The predicted octanol–water partition coefficient (Wildman–Crippen LogP) is 3.34. The molecule has 2 aromatic rings.